The lowest BCUT2D eigenvalue weighted by molar-refractivity contribution is 0.0661. The average Bonchev–Trinajstić information content (AvgIpc) is 2.63. The predicted molar refractivity (Wildman–Crippen MR) is 73.2 cm³/mol. The Hall–Kier alpha value is -1.55. The van der Waals surface area contributed by atoms with Crippen LogP contribution >= 0.6 is 0 Å². The Balaban J connectivity index is 1.64. The zero-order valence-electron chi connectivity index (χ0n) is 11.2. The molecular formula is C15H20N2O2. The minimum Gasteiger partial charge on any atom is -0.490 e. The highest BCUT2D eigenvalue weighted by molar-refractivity contribution is 5.92. The first-order valence-corrected chi connectivity index (χ1v) is 6.92. The number of hydrogen-bond acceptors (Lipinski definition) is 3. The highest BCUT2D eigenvalue weighted by atomic mass is 16.5. The summed E-state index contributed by atoms with van der Waals surface area (Å²) in [7, 11) is 2.22. The van der Waals surface area contributed by atoms with Gasteiger partial charge >= 0.3 is 0 Å². The smallest absolute Gasteiger partial charge is 0.248 e. The number of carbonyl (C=O) groups is 1. The molecule has 4 nitrogen and oxygen atoms in total. The molecule has 0 spiro atoms. The van der Waals surface area contributed by atoms with Gasteiger partial charge in [0.05, 0.1) is 0 Å². The maximum Gasteiger partial charge on any atom is 0.248 e. The van der Waals surface area contributed by atoms with E-state index < -0.39 is 5.91 Å². The van der Waals surface area contributed by atoms with Gasteiger partial charge in [-0.25, -0.2) is 0 Å². The Morgan fingerprint density at radius 1 is 1.21 bits per heavy atom. The van der Waals surface area contributed by atoms with Crippen molar-refractivity contribution in [1.29, 1.82) is 0 Å². The fourth-order valence-electron chi connectivity index (χ4n) is 3.35. The SMILES string of the molecule is CN1[C@H]2CC[C@H]1CC(Oc1ccc(C(N)=O)cc1)C2. The summed E-state index contributed by atoms with van der Waals surface area (Å²) in [6.07, 6.45) is 5.09. The van der Waals surface area contributed by atoms with E-state index in [4.69, 9.17) is 10.5 Å². The highest BCUT2D eigenvalue weighted by Crippen LogP contribution is 2.35. The van der Waals surface area contributed by atoms with Crippen LogP contribution in [0.3, 0.4) is 0 Å². The van der Waals surface area contributed by atoms with Crippen LogP contribution in [-0.2, 0) is 0 Å². The molecule has 1 aromatic rings. The number of rotatable bonds is 3. The van der Waals surface area contributed by atoms with Crippen molar-refractivity contribution in [3.8, 4) is 5.75 Å². The summed E-state index contributed by atoms with van der Waals surface area (Å²) in [6, 6.07) is 8.46. The predicted octanol–water partition coefficient (Wildman–Crippen LogP) is 1.79. The van der Waals surface area contributed by atoms with E-state index >= 15 is 0 Å². The molecule has 2 fully saturated rings. The molecule has 1 amide bonds. The van der Waals surface area contributed by atoms with Gasteiger partial charge in [0.15, 0.2) is 0 Å². The molecule has 2 aliphatic rings. The molecule has 1 aromatic carbocycles. The summed E-state index contributed by atoms with van der Waals surface area (Å²) >= 11 is 0. The maximum atomic E-state index is 11.0. The van der Waals surface area contributed by atoms with Gasteiger partial charge in [-0.15, -0.1) is 0 Å². The second kappa shape index (κ2) is 4.85. The number of nitrogens with zero attached hydrogens (tertiary/aromatic N) is 1. The van der Waals surface area contributed by atoms with E-state index in [1.54, 1.807) is 12.1 Å². The molecular weight excluding hydrogens is 240 g/mol. The summed E-state index contributed by atoms with van der Waals surface area (Å²) in [5.41, 5.74) is 5.75. The van der Waals surface area contributed by atoms with E-state index in [-0.39, 0.29) is 0 Å². The number of piperidine rings is 1. The van der Waals surface area contributed by atoms with Gasteiger partial charge < -0.3 is 15.4 Å². The fourth-order valence-corrected chi connectivity index (χ4v) is 3.35. The Morgan fingerprint density at radius 2 is 1.79 bits per heavy atom. The van der Waals surface area contributed by atoms with Crippen molar-refractivity contribution in [1.82, 2.24) is 4.90 Å². The number of hydrogen-bond donors (Lipinski definition) is 1. The summed E-state index contributed by atoms with van der Waals surface area (Å²) in [6.45, 7) is 0. The van der Waals surface area contributed by atoms with Crippen LogP contribution in [0.1, 0.15) is 36.0 Å². The molecule has 2 saturated heterocycles. The molecule has 3 rings (SSSR count). The number of nitrogens with two attached hydrogens (primary N) is 1. The van der Waals surface area contributed by atoms with Crippen LogP contribution in [0.2, 0.25) is 0 Å². The lowest BCUT2D eigenvalue weighted by Crippen LogP contribution is -2.43. The van der Waals surface area contributed by atoms with Gasteiger partial charge in [-0.2, -0.15) is 0 Å². The van der Waals surface area contributed by atoms with E-state index in [2.05, 4.69) is 11.9 Å². The van der Waals surface area contributed by atoms with Crippen LogP contribution in [-0.4, -0.2) is 36.0 Å². The summed E-state index contributed by atoms with van der Waals surface area (Å²) in [5.74, 6) is 0.433. The molecule has 0 unspecified atom stereocenters. The Morgan fingerprint density at radius 3 is 2.32 bits per heavy atom. The first kappa shape index (κ1) is 12.5. The number of carbonyl (C=O) groups excluding carboxylic acids is 1. The van der Waals surface area contributed by atoms with E-state index in [0.29, 0.717) is 23.8 Å². The largest absolute Gasteiger partial charge is 0.490 e. The third kappa shape index (κ3) is 2.45. The summed E-state index contributed by atoms with van der Waals surface area (Å²) in [4.78, 5) is 13.5. The molecule has 2 heterocycles. The minimum atomic E-state index is -0.399. The fraction of sp³-hybridized carbons (Fsp3) is 0.533. The van der Waals surface area contributed by atoms with Crippen molar-refractivity contribution in [2.45, 2.75) is 43.9 Å². The van der Waals surface area contributed by atoms with Crippen LogP contribution in [0.25, 0.3) is 0 Å². The molecule has 2 aliphatic heterocycles. The topological polar surface area (TPSA) is 55.6 Å². The maximum absolute atomic E-state index is 11.0. The number of primary amides is 1. The lowest BCUT2D eigenvalue weighted by Gasteiger charge is -2.36. The molecule has 2 bridgehead atoms. The summed E-state index contributed by atoms with van der Waals surface area (Å²) in [5, 5.41) is 0. The molecule has 4 heteroatoms. The Labute approximate surface area is 113 Å². The van der Waals surface area contributed by atoms with Crippen LogP contribution in [0.4, 0.5) is 0 Å². The van der Waals surface area contributed by atoms with Crippen LogP contribution < -0.4 is 10.5 Å². The highest BCUT2D eigenvalue weighted by Gasteiger charge is 2.39. The number of fused-ring (bicyclic) bond motifs is 2. The zero-order chi connectivity index (χ0) is 13.4. The number of benzene rings is 1. The molecule has 0 radical (unpaired) electrons. The minimum absolute atomic E-state index is 0.299. The van der Waals surface area contributed by atoms with Crippen molar-refractivity contribution in [3.05, 3.63) is 29.8 Å². The molecule has 0 aliphatic carbocycles. The molecule has 19 heavy (non-hydrogen) atoms. The van der Waals surface area contributed by atoms with Crippen molar-refractivity contribution in [2.24, 2.45) is 5.73 Å². The van der Waals surface area contributed by atoms with E-state index in [9.17, 15) is 4.79 Å². The molecule has 0 aromatic heterocycles. The second-order valence-electron chi connectivity index (χ2n) is 5.65. The lowest BCUT2D eigenvalue weighted by atomic mass is 10.0. The number of ether oxygens (including phenoxy) is 1. The molecule has 2 atom stereocenters. The van der Waals surface area contributed by atoms with Gasteiger partial charge in [-0.1, -0.05) is 0 Å². The Bertz CT molecular complexity index is 458. The van der Waals surface area contributed by atoms with Crippen molar-refractivity contribution in [3.63, 3.8) is 0 Å². The standard InChI is InChI=1S/C15H20N2O2/c1-17-11-4-5-12(17)9-14(8-11)19-13-6-2-10(3-7-13)15(16)18/h2-3,6-7,11-12,14H,4-5,8-9H2,1H3,(H2,16,18)/t11-,12-/m0/s1. The van der Waals surface area contributed by atoms with Crippen LogP contribution in [0.5, 0.6) is 5.75 Å². The van der Waals surface area contributed by atoms with Gasteiger partial charge in [0.25, 0.3) is 0 Å². The van der Waals surface area contributed by atoms with Gasteiger partial charge in [0, 0.05) is 17.6 Å². The Kier molecular flexibility index (Phi) is 3.19. The first-order valence-electron chi connectivity index (χ1n) is 6.92. The van der Waals surface area contributed by atoms with Gasteiger partial charge in [-0.3, -0.25) is 4.79 Å². The first-order chi connectivity index (χ1) is 9.13. The second-order valence-corrected chi connectivity index (χ2v) is 5.65. The van der Waals surface area contributed by atoms with Gasteiger partial charge in [0.2, 0.25) is 5.91 Å². The zero-order valence-corrected chi connectivity index (χ0v) is 11.2. The molecule has 0 saturated carbocycles. The number of amides is 1. The van der Waals surface area contributed by atoms with E-state index in [1.165, 1.54) is 12.8 Å². The van der Waals surface area contributed by atoms with Crippen molar-refractivity contribution >= 4 is 5.91 Å². The summed E-state index contributed by atoms with van der Waals surface area (Å²) < 4.78 is 6.04. The van der Waals surface area contributed by atoms with Crippen LogP contribution in [0.15, 0.2) is 24.3 Å². The normalized spacial score (nSPS) is 30.3. The van der Waals surface area contributed by atoms with E-state index in [1.807, 2.05) is 12.1 Å². The monoisotopic (exact) mass is 260 g/mol. The third-order valence-corrected chi connectivity index (χ3v) is 4.50. The quantitative estimate of drug-likeness (QED) is 0.901. The van der Waals surface area contributed by atoms with Crippen LogP contribution in [0, 0.1) is 0 Å². The van der Waals surface area contributed by atoms with Crippen molar-refractivity contribution in [2.75, 3.05) is 7.05 Å². The van der Waals surface area contributed by atoms with E-state index in [0.717, 1.165) is 18.6 Å². The average molecular weight is 260 g/mol. The molecule has 2 N–H and O–H groups in total. The van der Waals surface area contributed by atoms with Crippen molar-refractivity contribution < 1.29 is 9.53 Å². The molecule has 102 valence electrons. The van der Waals surface area contributed by atoms with Gasteiger partial charge in [0.1, 0.15) is 11.9 Å². The third-order valence-electron chi connectivity index (χ3n) is 4.50. The van der Waals surface area contributed by atoms with Gasteiger partial charge in [-0.05, 0) is 57.0 Å².